The lowest BCUT2D eigenvalue weighted by atomic mass is 9.91. The molecule has 3 aromatic rings. The number of hydrogen-bond donors (Lipinski definition) is 0. The Morgan fingerprint density at radius 1 is 1.12 bits per heavy atom. The summed E-state index contributed by atoms with van der Waals surface area (Å²) in [6.07, 6.45) is -0.271. The summed E-state index contributed by atoms with van der Waals surface area (Å²) in [7, 11) is 1.63. The summed E-state index contributed by atoms with van der Waals surface area (Å²) in [4.78, 5) is 1.07. The Labute approximate surface area is 155 Å². The number of benzene rings is 1. The van der Waals surface area contributed by atoms with Crippen molar-refractivity contribution in [3.05, 3.63) is 81.4 Å². The molecule has 0 bridgehead atoms. The van der Waals surface area contributed by atoms with Gasteiger partial charge in [0.2, 0.25) is 0 Å². The summed E-state index contributed by atoms with van der Waals surface area (Å²) in [5, 5.41) is 11.9. The highest BCUT2D eigenvalue weighted by atomic mass is 32.1. The second kappa shape index (κ2) is 6.74. The highest BCUT2D eigenvalue weighted by Gasteiger charge is 2.42. The maximum atomic E-state index is 9.90. The molecular weight excluding hydrogens is 346 g/mol. The third kappa shape index (κ3) is 2.79. The van der Waals surface area contributed by atoms with Gasteiger partial charge in [-0.3, -0.25) is 0 Å². The van der Waals surface area contributed by atoms with Crippen molar-refractivity contribution in [2.45, 2.75) is 18.9 Å². The van der Waals surface area contributed by atoms with Gasteiger partial charge in [-0.1, -0.05) is 6.07 Å². The lowest BCUT2D eigenvalue weighted by Crippen LogP contribution is -2.07. The van der Waals surface area contributed by atoms with E-state index in [0.717, 1.165) is 27.7 Å². The molecule has 2 atom stereocenters. The van der Waals surface area contributed by atoms with E-state index in [1.807, 2.05) is 60.8 Å². The van der Waals surface area contributed by atoms with Gasteiger partial charge in [0.05, 0.1) is 24.7 Å². The second-order valence-electron chi connectivity index (χ2n) is 6.06. The molecule has 0 amide bonds. The Hall–Kier alpha value is -2.97. The second-order valence-corrected chi connectivity index (χ2v) is 7.04. The van der Waals surface area contributed by atoms with Gasteiger partial charge < -0.3 is 13.9 Å². The highest BCUT2D eigenvalue weighted by molar-refractivity contribution is 7.10. The first-order chi connectivity index (χ1) is 12.7. The van der Waals surface area contributed by atoms with Crippen LogP contribution in [-0.4, -0.2) is 7.11 Å². The van der Waals surface area contributed by atoms with Gasteiger partial charge in [-0.15, -0.1) is 11.3 Å². The van der Waals surface area contributed by atoms with E-state index in [1.165, 1.54) is 0 Å². The fourth-order valence-electron chi connectivity index (χ4n) is 3.22. The van der Waals surface area contributed by atoms with E-state index in [9.17, 15) is 5.26 Å². The topological polar surface area (TPSA) is 55.4 Å². The predicted octanol–water partition coefficient (Wildman–Crippen LogP) is 5.45. The maximum Gasteiger partial charge on any atom is 0.148 e. The Kier molecular flexibility index (Phi) is 4.27. The van der Waals surface area contributed by atoms with Crippen LogP contribution in [0.3, 0.4) is 0 Å². The smallest absolute Gasteiger partial charge is 0.148 e. The molecule has 0 aliphatic carbocycles. The van der Waals surface area contributed by atoms with Crippen LogP contribution in [0.5, 0.6) is 5.75 Å². The fourth-order valence-corrected chi connectivity index (χ4v) is 4.01. The molecule has 3 heterocycles. The zero-order valence-electron chi connectivity index (χ0n) is 14.4. The van der Waals surface area contributed by atoms with Crippen LogP contribution in [-0.2, 0) is 4.74 Å². The molecule has 5 heteroatoms. The van der Waals surface area contributed by atoms with Crippen LogP contribution in [0.1, 0.15) is 34.0 Å². The summed E-state index contributed by atoms with van der Waals surface area (Å²) >= 11 is 1.62. The number of nitriles is 1. The number of methoxy groups -OCH3 is 1. The van der Waals surface area contributed by atoms with Crippen molar-refractivity contribution < 1.29 is 13.9 Å². The van der Waals surface area contributed by atoms with Gasteiger partial charge >= 0.3 is 0 Å². The molecule has 1 aliphatic rings. The minimum Gasteiger partial charge on any atom is -0.497 e. The van der Waals surface area contributed by atoms with Crippen molar-refractivity contribution in [3.8, 4) is 11.8 Å². The number of thiophene rings is 1. The lowest BCUT2D eigenvalue weighted by Gasteiger charge is -2.17. The molecule has 1 aromatic carbocycles. The molecular formula is C21H17NO3S. The van der Waals surface area contributed by atoms with Crippen molar-refractivity contribution in [1.82, 2.24) is 0 Å². The highest BCUT2D eigenvalue weighted by Crippen LogP contribution is 2.51. The summed E-state index contributed by atoms with van der Waals surface area (Å²) in [6.45, 7) is 1.90. The van der Waals surface area contributed by atoms with E-state index in [2.05, 4.69) is 6.07 Å². The Bertz CT molecular complexity index is 977. The molecule has 0 spiro atoms. The number of ether oxygens (including phenoxy) is 2. The van der Waals surface area contributed by atoms with Crippen molar-refractivity contribution in [2.75, 3.05) is 7.11 Å². The van der Waals surface area contributed by atoms with Crippen LogP contribution in [0, 0.1) is 18.3 Å². The van der Waals surface area contributed by atoms with Crippen LogP contribution in [0.25, 0.3) is 5.76 Å². The Morgan fingerprint density at radius 2 is 1.92 bits per heavy atom. The molecule has 0 fully saturated rings. The van der Waals surface area contributed by atoms with Crippen LogP contribution >= 0.6 is 11.3 Å². The molecule has 0 saturated heterocycles. The van der Waals surface area contributed by atoms with Crippen LogP contribution < -0.4 is 4.74 Å². The number of aryl methyl sites for hydroxylation is 1. The van der Waals surface area contributed by atoms with E-state index in [4.69, 9.17) is 13.9 Å². The van der Waals surface area contributed by atoms with Gasteiger partial charge in [0.15, 0.2) is 0 Å². The monoisotopic (exact) mass is 363 g/mol. The van der Waals surface area contributed by atoms with Gasteiger partial charge in [-0.25, -0.2) is 0 Å². The number of furan rings is 1. The van der Waals surface area contributed by atoms with Gasteiger partial charge in [-0.2, -0.15) is 5.26 Å². The van der Waals surface area contributed by atoms with Crippen LogP contribution in [0.15, 0.2) is 63.9 Å². The maximum absolute atomic E-state index is 9.90. The quantitative estimate of drug-likeness (QED) is 0.619. The first kappa shape index (κ1) is 16.5. The number of nitrogens with zero attached hydrogens (tertiary/aromatic N) is 1. The van der Waals surface area contributed by atoms with Crippen molar-refractivity contribution in [3.63, 3.8) is 0 Å². The lowest BCUT2D eigenvalue weighted by molar-refractivity contribution is 0.173. The van der Waals surface area contributed by atoms with Crippen LogP contribution in [0.2, 0.25) is 0 Å². The van der Waals surface area contributed by atoms with E-state index in [1.54, 1.807) is 18.4 Å². The third-order valence-corrected chi connectivity index (χ3v) is 5.40. The van der Waals surface area contributed by atoms with Gasteiger partial charge in [0.25, 0.3) is 0 Å². The van der Waals surface area contributed by atoms with E-state index in [-0.39, 0.29) is 12.0 Å². The minimum atomic E-state index is -0.271. The average Bonchev–Trinajstić information content (AvgIpc) is 3.40. The van der Waals surface area contributed by atoms with Gasteiger partial charge in [-0.05, 0) is 54.8 Å². The Balaban J connectivity index is 1.82. The Morgan fingerprint density at radius 3 is 2.50 bits per heavy atom. The molecule has 0 unspecified atom stereocenters. The SMILES string of the molecule is COc1ccc(C2=C(C#N)[C@H](c3ccc(C)o3)[C@H](c3cccs3)O2)cc1. The van der Waals surface area contributed by atoms with Crippen molar-refractivity contribution >= 4 is 17.1 Å². The van der Waals surface area contributed by atoms with Crippen molar-refractivity contribution in [2.24, 2.45) is 0 Å². The summed E-state index contributed by atoms with van der Waals surface area (Å²) < 4.78 is 17.4. The normalized spacial score (nSPS) is 19.3. The summed E-state index contributed by atoms with van der Waals surface area (Å²) in [5.74, 6) is 2.68. The van der Waals surface area contributed by atoms with E-state index in [0.29, 0.717) is 11.3 Å². The molecule has 2 aromatic heterocycles. The number of hydrogen-bond acceptors (Lipinski definition) is 5. The van der Waals surface area contributed by atoms with Crippen molar-refractivity contribution in [1.29, 1.82) is 5.26 Å². The third-order valence-electron chi connectivity index (χ3n) is 4.47. The molecule has 0 saturated carbocycles. The molecule has 130 valence electrons. The molecule has 26 heavy (non-hydrogen) atoms. The zero-order chi connectivity index (χ0) is 18.1. The summed E-state index contributed by atoms with van der Waals surface area (Å²) in [5.41, 5.74) is 1.44. The average molecular weight is 363 g/mol. The van der Waals surface area contributed by atoms with Gasteiger partial charge in [0.1, 0.15) is 29.1 Å². The fraction of sp³-hybridized carbons (Fsp3) is 0.190. The molecule has 0 N–H and O–H groups in total. The minimum absolute atomic E-state index is 0.260. The molecule has 1 aliphatic heterocycles. The van der Waals surface area contributed by atoms with E-state index < -0.39 is 0 Å². The predicted molar refractivity (Wildman–Crippen MR) is 99.9 cm³/mol. The van der Waals surface area contributed by atoms with Crippen LogP contribution in [0.4, 0.5) is 0 Å². The molecule has 0 radical (unpaired) electrons. The largest absolute Gasteiger partial charge is 0.497 e. The van der Waals surface area contributed by atoms with Gasteiger partial charge in [0, 0.05) is 10.4 Å². The first-order valence-corrected chi connectivity index (χ1v) is 9.14. The number of rotatable bonds is 4. The van der Waals surface area contributed by atoms with E-state index >= 15 is 0 Å². The molecule has 4 nitrogen and oxygen atoms in total. The molecule has 4 rings (SSSR count). The first-order valence-electron chi connectivity index (χ1n) is 8.26. The standard InChI is InChI=1S/C21H17NO3S/c1-13-5-10-17(24-13)19-16(12-22)20(14-6-8-15(23-2)9-7-14)25-21(19)18-4-3-11-26-18/h3-11,19,21H,1-2H3/t19-,21+/m1/s1. The zero-order valence-corrected chi connectivity index (χ0v) is 15.2. The summed E-state index contributed by atoms with van der Waals surface area (Å²) in [6, 6.07) is 17.8.